The number of aliphatic hydroxyl groups excluding tert-OH is 1. The van der Waals surface area contributed by atoms with Crippen LogP contribution in [0.3, 0.4) is 0 Å². The van der Waals surface area contributed by atoms with Crippen molar-refractivity contribution in [2.75, 3.05) is 26.8 Å². The van der Waals surface area contributed by atoms with E-state index in [9.17, 15) is 8.78 Å². The molecule has 4 N–H and O–H groups in total. The van der Waals surface area contributed by atoms with Crippen molar-refractivity contribution in [3.05, 3.63) is 29.3 Å². The van der Waals surface area contributed by atoms with E-state index in [1.54, 1.807) is 18.2 Å². The van der Waals surface area contributed by atoms with Gasteiger partial charge < -0.3 is 15.6 Å². The van der Waals surface area contributed by atoms with Crippen molar-refractivity contribution < 1.29 is 18.6 Å². The molecule has 0 aliphatic rings. The highest BCUT2D eigenvalue weighted by atomic mass is 19.3. The maximum atomic E-state index is 12.5. The van der Waals surface area contributed by atoms with E-state index < -0.39 is 13.0 Å². The maximum Gasteiger partial charge on any atom is 0.251 e. The number of nitrogens with two attached hydrogens (primary N) is 1. The van der Waals surface area contributed by atoms with Crippen LogP contribution in [-0.2, 0) is 6.54 Å². The summed E-state index contributed by atoms with van der Waals surface area (Å²) >= 11 is 0. The summed E-state index contributed by atoms with van der Waals surface area (Å²) in [5, 5.41) is 16.3. The van der Waals surface area contributed by atoms with Crippen molar-refractivity contribution in [2.45, 2.75) is 13.0 Å². The van der Waals surface area contributed by atoms with Crippen LogP contribution in [0.15, 0.2) is 18.2 Å². The number of hydrogen-bond donors (Lipinski definition) is 3. The number of nitrogen functional groups attached to an aromatic ring is 1. The van der Waals surface area contributed by atoms with Crippen molar-refractivity contribution in [2.24, 2.45) is 5.73 Å². The number of amidine groups is 1. The minimum atomic E-state index is -2.48. The lowest BCUT2D eigenvalue weighted by atomic mass is 10.1. The Morgan fingerprint density at radius 1 is 1.50 bits per heavy atom. The van der Waals surface area contributed by atoms with Crippen LogP contribution in [0, 0.1) is 5.41 Å². The summed E-state index contributed by atoms with van der Waals surface area (Å²) in [7, 11) is 1.48. The first kappa shape index (κ1) is 16.3. The molecule has 0 fully saturated rings. The molecule has 0 unspecified atom stereocenters. The van der Waals surface area contributed by atoms with Crippen LogP contribution < -0.4 is 10.5 Å². The number of aliphatic hydroxyl groups is 1. The van der Waals surface area contributed by atoms with Crippen LogP contribution in [0.1, 0.15) is 11.1 Å². The van der Waals surface area contributed by atoms with Gasteiger partial charge in [0, 0.05) is 24.2 Å². The summed E-state index contributed by atoms with van der Waals surface area (Å²) in [6.45, 7) is -0.317. The molecule has 0 radical (unpaired) electrons. The second kappa shape index (κ2) is 7.76. The van der Waals surface area contributed by atoms with Crippen molar-refractivity contribution in [3.8, 4) is 5.75 Å². The molecule has 0 saturated heterocycles. The van der Waals surface area contributed by atoms with Gasteiger partial charge in [-0.05, 0) is 18.2 Å². The molecule has 5 nitrogen and oxygen atoms in total. The minimum absolute atomic E-state index is 0.100. The zero-order chi connectivity index (χ0) is 15.1. The highest BCUT2D eigenvalue weighted by Crippen LogP contribution is 2.22. The van der Waals surface area contributed by atoms with Crippen LogP contribution in [0.4, 0.5) is 8.78 Å². The summed E-state index contributed by atoms with van der Waals surface area (Å²) in [5.41, 5.74) is 6.56. The lowest BCUT2D eigenvalue weighted by Crippen LogP contribution is -2.31. The number of halogens is 2. The van der Waals surface area contributed by atoms with Crippen LogP contribution in [0.2, 0.25) is 0 Å². The van der Waals surface area contributed by atoms with Crippen molar-refractivity contribution in [1.82, 2.24) is 4.90 Å². The van der Waals surface area contributed by atoms with Crippen molar-refractivity contribution in [1.29, 1.82) is 5.41 Å². The Labute approximate surface area is 116 Å². The molecule has 112 valence electrons. The zero-order valence-corrected chi connectivity index (χ0v) is 11.3. The molecule has 1 rings (SSSR count). The monoisotopic (exact) mass is 287 g/mol. The van der Waals surface area contributed by atoms with E-state index in [-0.39, 0.29) is 25.5 Å². The Balaban J connectivity index is 2.96. The lowest BCUT2D eigenvalue weighted by molar-refractivity contribution is 0.0742. The predicted molar refractivity (Wildman–Crippen MR) is 72.4 cm³/mol. The van der Waals surface area contributed by atoms with Crippen LogP contribution in [-0.4, -0.2) is 49.1 Å². The molecule has 0 aromatic heterocycles. The van der Waals surface area contributed by atoms with Gasteiger partial charge in [0.2, 0.25) is 0 Å². The van der Waals surface area contributed by atoms with Gasteiger partial charge in [-0.2, -0.15) is 0 Å². The fourth-order valence-electron chi connectivity index (χ4n) is 1.88. The molecule has 1 aromatic rings. The van der Waals surface area contributed by atoms with Gasteiger partial charge in [-0.15, -0.1) is 0 Å². The Hall–Kier alpha value is -1.73. The first-order valence-corrected chi connectivity index (χ1v) is 6.10. The smallest absolute Gasteiger partial charge is 0.251 e. The summed E-state index contributed by atoms with van der Waals surface area (Å²) in [5.74, 6) is 0.434. The molecule has 0 amide bonds. The van der Waals surface area contributed by atoms with Crippen molar-refractivity contribution in [3.63, 3.8) is 0 Å². The molecule has 1 aromatic carbocycles. The number of nitrogens with zero attached hydrogens (tertiary/aromatic N) is 1. The standard InChI is InChI=1S/C13H19F2N3O2/c1-20-11-3-2-9(13(16)17)6-10(11)7-18(4-5-19)8-12(14)15/h2-3,6,12,19H,4-5,7-8H2,1H3,(H3,16,17). The molecule has 0 saturated carbocycles. The summed E-state index contributed by atoms with van der Waals surface area (Å²) in [4.78, 5) is 1.42. The van der Waals surface area contributed by atoms with Crippen LogP contribution in [0.5, 0.6) is 5.75 Å². The van der Waals surface area contributed by atoms with Gasteiger partial charge in [-0.3, -0.25) is 10.3 Å². The molecule has 0 atom stereocenters. The van der Waals surface area contributed by atoms with E-state index in [0.29, 0.717) is 16.9 Å². The average Bonchev–Trinajstić information content (AvgIpc) is 2.38. The number of nitrogens with one attached hydrogen (secondary N) is 1. The van der Waals surface area contributed by atoms with E-state index in [1.807, 2.05) is 0 Å². The molecular weight excluding hydrogens is 268 g/mol. The number of benzene rings is 1. The van der Waals surface area contributed by atoms with E-state index >= 15 is 0 Å². The number of methoxy groups -OCH3 is 1. The van der Waals surface area contributed by atoms with E-state index in [1.165, 1.54) is 12.0 Å². The predicted octanol–water partition coefficient (Wildman–Crippen LogP) is 1.04. The molecule has 0 aliphatic heterocycles. The Kier molecular flexibility index (Phi) is 6.33. The minimum Gasteiger partial charge on any atom is -0.496 e. The first-order valence-electron chi connectivity index (χ1n) is 6.10. The number of rotatable bonds is 8. The molecule has 0 heterocycles. The SMILES string of the molecule is COc1ccc(C(=N)N)cc1CN(CCO)CC(F)F. The third-order valence-electron chi connectivity index (χ3n) is 2.80. The van der Waals surface area contributed by atoms with Gasteiger partial charge in [0.15, 0.2) is 0 Å². The first-order chi connectivity index (χ1) is 9.47. The molecular formula is C13H19F2N3O2. The fraction of sp³-hybridized carbons (Fsp3) is 0.462. The molecule has 0 aliphatic carbocycles. The van der Waals surface area contributed by atoms with Crippen molar-refractivity contribution >= 4 is 5.84 Å². The summed E-state index contributed by atoms with van der Waals surface area (Å²) in [6.07, 6.45) is -2.48. The Bertz CT molecular complexity index is 455. The second-order valence-corrected chi connectivity index (χ2v) is 4.29. The van der Waals surface area contributed by atoms with Crippen LogP contribution >= 0.6 is 0 Å². The second-order valence-electron chi connectivity index (χ2n) is 4.29. The Morgan fingerprint density at radius 2 is 2.20 bits per heavy atom. The summed E-state index contributed by atoms with van der Waals surface area (Å²) in [6, 6.07) is 4.91. The third kappa shape index (κ3) is 4.75. The fourth-order valence-corrected chi connectivity index (χ4v) is 1.88. The molecule has 20 heavy (non-hydrogen) atoms. The van der Waals surface area contributed by atoms with Gasteiger partial charge in [0.25, 0.3) is 6.43 Å². The topological polar surface area (TPSA) is 82.6 Å². The largest absolute Gasteiger partial charge is 0.496 e. The molecule has 0 spiro atoms. The lowest BCUT2D eigenvalue weighted by Gasteiger charge is -2.22. The zero-order valence-electron chi connectivity index (χ0n) is 11.3. The number of hydrogen-bond acceptors (Lipinski definition) is 4. The highest BCUT2D eigenvalue weighted by Gasteiger charge is 2.15. The number of alkyl halides is 2. The average molecular weight is 287 g/mol. The van der Waals surface area contributed by atoms with E-state index in [4.69, 9.17) is 21.0 Å². The Morgan fingerprint density at radius 3 is 2.70 bits per heavy atom. The third-order valence-corrected chi connectivity index (χ3v) is 2.80. The van der Waals surface area contributed by atoms with Gasteiger partial charge in [-0.25, -0.2) is 8.78 Å². The van der Waals surface area contributed by atoms with Crippen LogP contribution in [0.25, 0.3) is 0 Å². The van der Waals surface area contributed by atoms with E-state index in [2.05, 4.69) is 0 Å². The van der Waals surface area contributed by atoms with Gasteiger partial charge in [0.1, 0.15) is 11.6 Å². The molecule has 0 bridgehead atoms. The number of ether oxygens (including phenoxy) is 1. The highest BCUT2D eigenvalue weighted by molar-refractivity contribution is 5.95. The normalized spacial score (nSPS) is 11.1. The van der Waals surface area contributed by atoms with Gasteiger partial charge in [0.05, 0.1) is 20.3 Å². The van der Waals surface area contributed by atoms with Gasteiger partial charge >= 0.3 is 0 Å². The molecule has 7 heteroatoms. The maximum absolute atomic E-state index is 12.5. The van der Waals surface area contributed by atoms with E-state index in [0.717, 1.165) is 0 Å². The quantitative estimate of drug-likeness (QED) is 0.493. The summed E-state index contributed by atoms with van der Waals surface area (Å²) < 4.78 is 30.2. The van der Waals surface area contributed by atoms with Gasteiger partial charge in [-0.1, -0.05) is 0 Å².